The summed E-state index contributed by atoms with van der Waals surface area (Å²) < 4.78 is 0.990. The number of nitrogens with zero attached hydrogens (tertiary/aromatic N) is 3. The fourth-order valence-corrected chi connectivity index (χ4v) is 2.64. The van der Waals surface area contributed by atoms with Crippen molar-refractivity contribution in [1.82, 2.24) is 9.55 Å². The normalized spacial score (nSPS) is 11.5. The predicted octanol–water partition coefficient (Wildman–Crippen LogP) is 2.70. The predicted molar refractivity (Wildman–Crippen MR) is 95.6 cm³/mol. The number of benzene rings is 2. The number of fused-ring (bicyclic) bond motifs is 1. The highest BCUT2D eigenvalue weighted by molar-refractivity contribution is 6.14. The van der Waals surface area contributed by atoms with Crippen LogP contribution in [0.2, 0.25) is 0 Å². The summed E-state index contributed by atoms with van der Waals surface area (Å²) in [7, 11) is 0. The number of nitro groups is 1. The maximum atomic E-state index is 12.8. The van der Waals surface area contributed by atoms with E-state index >= 15 is 0 Å². The van der Waals surface area contributed by atoms with Crippen molar-refractivity contribution in [3.8, 4) is 0 Å². The zero-order valence-corrected chi connectivity index (χ0v) is 13.6. The molecule has 8 heteroatoms. The number of para-hydroxylation sites is 1. The molecule has 130 valence electrons. The summed E-state index contributed by atoms with van der Waals surface area (Å²) in [6.45, 7) is 1.53. The van der Waals surface area contributed by atoms with Gasteiger partial charge in [0.05, 0.1) is 15.8 Å². The van der Waals surface area contributed by atoms with Gasteiger partial charge in [-0.05, 0) is 30.7 Å². The monoisotopic (exact) mass is 351 g/mol. The third-order valence-electron chi connectivity index (χ3n) is 3.79. The highest BCUT2D eigenvalue weighted by atomic mass is 16.6. The second kappa shape index (κ2) is 6.60. The number of aliphatic carboxylic acids is 1. The van der Waals surface area contributed by atoms with Crippen molar-refractivity contribution in [3.05, 3.63) is 80.4 Å². The molecule has 1 heterocycles. The Bertz CT molecular complexity index is 1130. The molecule has 1 aromatic heterocycles. The van der Waals surface area contributed by atoms with Gasteiger partial charge in [-0.15, -0.1) is 0 Å². The molecule has 0 unspecified atom stereocenters. The topological polar surface area (TPSA) is 115 Å². The number of carbonyl (C=O) groups is 1. The molecule has 0 fully saturated rings. The van der Waals surface area contributed by atoms with Crippen molar-refractivity contribution >= 4 is 34.3 Å². The highest BCUT2D eigenvalue weighted by Gasteiger charge is 2.17. The largest absolute Gasteiger partial charge is 0.477 e. The molecule has 3 aromatic rings. The Hall–Kier alpha value is -3.81. The SMILES string of the molecule is Cc1nc2ccccc2c(=O)n1/C(=C/c1cccc([N+](=O)[O-])c1)C(=O)O. The fourth-order valence-electron chi connectivity index (χ4n) is 2.64. The van der Waals surface area contributed by atoms with E-state index in [9.17, 15) is 24.8 Å². The molecule has 1 N–H and O–H groups in total. The summed E-state index contributed by atoms with van der Waals surface area (Å²) in [5.41, 5.74) is -0.287. The van der Waals surface area contributed by atoms with Gasteiger partial charge in [-0.2, -0.15) is 0 Å². The molecule has 0 aliphatic heterocycles. The van der Waals surface area contributed by atoms with Crippen molar-refractivity contribution in [2.45, 2.75) is 6.92 Å². The Labute approximate surface area is 146 Å². The minimum absolute atomic E-state index is 0.177. The van der Waals surface area contributed by atoms with Gasteiger partial charge in [0.1, 0.15) is 11.5 Å². The fraction of sp³-hybridized carbons (Fsp3) is 0.0556. The van der Waals surface area contributed by atoms with Gasteiger partial charge in [0.15, 0.2) is 0 Å². The first-order valence-electron chi connectivity index (χ1n) is 7.56. The van der Waals surface area contributed by atoms with Gasteiger partial charge in [0.25, 0.3) is 11.2 Å². The van der Waals surface area contributed by atoms with E-state index < -0.39 is 16.5 Å². The average Bonchev–Trinajstić information content (AvgIpc) is 2.61. The Kier molecular flexibility index (Phi) is 4.32. The summed E-state index contributed by atoms with van der Waals surface area (Å²) in [4.78, 5) is 39.1. The Morgan fingerprint density at radius 3 is 2.65 bits per heavy atom. The smallest absolute Gasteiger partial charge is 0.353 e. The maximum Gasteiger partial charge on any atom is 0.353 e. The summed E-state index contributed by atoms with van der Waals surface area (Å²) in [5, 5.41) is 20.8. The van der Waals surface area contributed by atoms with Gasteiger partial charge in [0, 0.05) is 12.1 Å². The summed E-state index contributed by atoms with van der Waals surface area (Å²) in [5.74, 6) is -1.15. The summed E-state index contributed by atoms with van der Waals surface area (Å²) in [6.07, 6.45) is 1.21. The van der Waals surface area contributed by atoms with Crippen molar-refractivity contribution in [3.63, 3.8) is 0 Å². The molecular formula is C18H13N3O5. The van der Waals surface area contributed by atoms with Crippen LogP contribution >= 0.6 is 0 Å². The highest BCUT2D eigenvalue weighted by Crippen LogP contribution is 2.18. The first-order chi connectivity index (χ1) is 12.4. The van der Waals surface area contributed by atoms with Crippen LogP contribution in [-0.4, -0.2) is 25.6 Å². The Morgan fingerprint density at radius 2 is 1.96 bits per heavy atom. The van der Waals surface area contributed by atoms with Crippen LogP contribution < -0.4 is 5.56 Å². The minimum Gasteiger partial charge on any atom is -0.477 e. The molecule has 0 radical (unpaired) electrons. The van der Waals surface area contributed by atoms with Crippen molar-refractivity contribution in [1.29, 1.82) is 0 Å². The molecule has 0 amide bonds. The lowest BCUT2D eigenvalue weighted by Gasteiger charge is -2.11. The van der Waals surface area contributed by atoms with Crippen LogP contribution in [0.15, 0.2) is 53.3 Å². The minimum atomic E-state index is -1.35. The molecular weight excluding hydrogens is 338 g/mol. The summed E-state index contributed by atoms with van der Waals surface area (Å²) in [6, 6.07) is 12.1. The van der Waals surface area contributed by atoms with Crippen molar-refractivity contribution in [2.75, 3.05) is 0 Å². The number of aromatic nitrogens is 2. The van der Waals surface area contributed by atoms with Gasteiger partial charge in [-0.3, -0.25) is 19.5 Å². The first kappa shape index (κ1) is 17.0. The molecule has 0 atom stereocenters. The van der Waals surface area contributed by atoms with E-state index in [0.717, 1.165) is 4.57 Å². The zero-order chi connectivity index (χ0) is 18.8. The van der Waals surface area contributed by atoms with E-state index in [1.165, 1.54) is 37.3 Å². The number of aryl methyl sites for hydroxylation is 1. The molecule has 0 aliphatic rings. The number of non-ortho nitro benzene ring substituents is 1. The third kappa shape index (κ3) is 3.07. The Balaban J connectivity index is 2.26. The number of carboxylic acids is 1. The zero-order valence-electron chi connectivity index (χ0n) is 13.6. The second-order valence-corrected chi connectivity index (χ2v) is 5.50. The van der Waals surface area contributed by atoms with Crippen LogP contribution in [0.4, 0.5) is 5.69 Å². The lowest BCUT2D eigenvalue weighted by Crippen LogP contribution is -2.26. The van der Waals surface area contributed by atoms with Gasteiger partial charge < -0.3 is 5.11 Å². The molecule has 26 heavy (non-hydrogen) atoms. The number of hydrogen-bond donors (Lipinski definition) is 1. The van der Waals surface area contributed by atoms with Crippen LogP contribution in [0.3, 0.4) is 0 Å². The number of hydrogen-bond acceptors (Lipinski definition) is 5. The van der Waals surface area contributed by atoms with Crippen LogP contribution in [-0.2, 0) is 4.79 Å². The van der Waals surface area contributed by atoms with Crippen LogP contribution in [0.5, 0.6) is 0 Å². The van der Waals surface area contributed by atoms with E-state index in [-0.39, 0.29) is 28.2 Å². The van der Waals surface area contributed by atoms with Crippen molar-refractivity contribution in [2.24, 2.45) is 0 Å². The van der Waals surface area contributed by atoms with E-state index in [1.807, 2.05) is 0 Å². The van der Waals surface area contributed by atoms with E-state index in [1.54, 1.807) is 24.3 Å². The van der Waals surface area contributed by atoms with Crippen LogP contribution in [0.1, 0.15) is 11.4 Å². The van der Waals surface area contributed by atoms with Gasteiger partial charge >= 0.3 is 5.97 Å². The second-order valence-electron chi connectivity index (χ2n) is 5.50. The maximum absolute atomic E-state index is 12.8. The quantitative estimate of drug-likeness (QED) is 0.439. The summed E-state index contributed by atoms with van der Waals surface area (Å²) >= 11 is 0. The molecule has 2 aromatic carbocycles. The number of carboxylic acid groups (broad SMARTS) is 1. The molecule has 0 bridgehead atoms. The van der Waals surface area contributed by atoms with E-state index in [4.69, 9.17) is 0 Å². The van der Waals surface area contributed by atoms with Gasteiger partial charge in [-0.1, -0.05) is 24.3 Å². The molecule has 0 saturated carbocycles. The van der Waals surface area contributed by atoms with Gasteiger partial charge in [-0.25, -0.2) is 9.78 Å². The molecule has 8 nitrogen and oxygen atoms in total. The number of rotatable bonds is 4. The molecule has 0 aliphatic carbocycles. The number of nitro benzene ring substituents is 1. The first-order valence-corrected chi connectivity index (χ1v) is 7.56. The molecule has 0 spiro atoms. The van der Waals surface area contributed by atoms with E-state index in [0.29, 0.717) is 5.52 Å². The Morgan fingerprint density at radius 1 is 1.23 bits per heavy atom. The third-order valence-corrected chi connectivity index (χ3v) is 3.79. The lowest BCUT2D eigenvalue weighted by molar-refractivity contribution is -0.384. The van der Waals surface area contributed by atoms with E-state index in [2.05, 4.69) is 4.98 Å². The van der Waals surface area contributed by atoms with Crippen LogP contribution in [0.25, 0.3) is 22.7 Å². The average molecular weight is 351 g/mol. The lowest BCUT2D eigenvalue weighted by atomic mass is 10.1. The molecule has 0 saturated heterocycles. The van der Waals surface area contributed by atoms with Gasteiger partial charge in [0.2, 0.25) is 0 Å². The van der Waals surface area contributed by atoms with Crippen molar-refractivity contribution < 1.29 is 14.8 Å². The molecule has 3 rings (SSSR count). The van der Waals surface area contributed by atoms with Crippen LogP contribution in [0, 0.1) is 17.0 Å². The standard InChI is InChI=1S/C18H13N3O5/c1-11-19-15-8-3-2-7-14(15)17(22)20(11)16(18(23)24)10-12-5-4-6-13(9-12)21(25)26/h2-10H,1H3,(H,23,24)/b16-10+.